The highest BCUT2D eigenvalue weighted by Gasteiger charge is 2.26. The van der Waals surface area contributed by atoms with Gasteiger partial charge in [-0.05, 0) is 50.9 Å². The Morgan fingerprint density at radius 1 is 1.31 bits per heavy atom. The molecule has 1 atom stereocenters. The van der Waals surface area contributed by atoms with Gasteiger partial charge in [0.05, 0.1) is 24.8 Å². The predicted molar refractivity (Wildman–Crippen MR) is 101 cm³/mol. The Hall–Kier alpha value is -2.08. The lowest BCUT2D eigenvalue weighted by Gasteiger charge is -2.31. The number of benzene rings is 1. The topological polar surface area (TPSA) is 81.9 Å². The largest absolute Gasteiger partial charge is 0.491 e. The van der Waals surface area contributed by atoms with Gasteiger partial charge in [-0.2, -0.15) is 0 Å². The van der Waals surface area contributed by atoms with Crippen molar-refractivity contribution < 1.29 is 19.1 Å². The van der Waals surface area contributed by atoms with Gasteiger partial charge >= 0.3 is 5.97 Å². The monoisotopic (exact) mass is 362 g/mol. The lowest BCUT2D eigenvalue weighted by atomic mass is 9.97. The standard InChI is InChI=1S/C20H30N2O4/c1-3-12-26-19-8-7-15(13-17(19)21)18(23)9-11-22-10-5-6-16(14-22)20(24)25-4-2/h7-8,13,16H,3-6,9-12,14,21H2,1-2H3. The van der Waals surface area contributed by atoms with Crippen LogP contribution in [0.4, 0.5) is 5.69 Å². The van der Waals surface area contributed by atoms with E-state index in [-0.39, 0.29) is 17.7 Å². The Morgan fingerprint density at radius 3 is 2.81 bits per heavy atom. The van der Waals surface area contributed by atoms with Crippen LogP contribution >= 0.6 is 0 Å². The van der Waals surface area contributed by atoms with Crippen LogP contribution in [-0.2, 0) is 9.53 Å². The quantitative estimate of drug-likeness (QED) is 0.413. The normalized spacial score (nSPS) is 17.7. The van der Waals surface area contributed by atoms with Crippen LogP contribution in [-0.4, -0.2) is 49.5 Å². The molecule has 6 nitrogen and oxygen atoms in total. The van der Waals surface area contributed by atoms with E-state index in [1.165, 1.54) is 0 Å². The number of esters is 1. The van der Waals surface area contributed by atoms with E-state index in [0.717, 1.165) is 25.8 Å². The van der Waals surface area contributed by atoms with Crippen LogP contribution in [0.15, 0.2) is 18.2 Å². The second-order valence-electron chi connectivity index (χ2n) is 6.67. The zero-order valence-electron chi connectivity index (χ0n) is 15.8. The lowest BCUT2D eigenvalue weighted by Crippen LogP contribution is -2.40. The molecule has 1 heterocycles. The minimum atomic E-state index is -0.126. The van der Waals surface area contributed by atoms with Crippen LogP contribution in [0.3, 0.4) is 0 Å². The number of hydrogen-bond donors (Lipinski definition) is 1. The van der Waals surface area contributed by atoms with E-state index in [9.17, 15) is 9.59 Å². The average molecular weight is 362 g/mol. The van der Waals surface area contributed by atoms with Crippen LogP contribution in [0, 0.1) is 5.92 Å². The second kappa shape index (κ2) is 10.2. The van der Waals surface area contributed by atoms with Crippen LogP contribution in [0.5, 0.6) is 5.75 Å². The van der Waals surface area contributed by atoms with E-state index in [1.807, 2.05) is 13.8 Å². The predicted octanol–water partition coefficient (Wildman–Crippen LogP) is 2.91. The molecular weight excluding hydrogens is 332 g/mol. The highest BCUT2D eigenvalue weighted by Crippen LogP contribution is 2.24. The molecule has 0 saturated carbocycles. The van der Waals surface area contributed by atoms with Crippen molar-refractivity contribution in [3.05, 3.63) is 23.8 Å². The highest BCUT2D eigenvalue weighted by atomic mass is 16.5. The smallest absolute Gasteiger partial charge is 0.310 e. The molecule has 0 spiro atoms. The fourth-order valence-electron chi connectivity index (χ4n) is 3.18. The number of carbonyl (C=O) groups is 2. The number of Topliss-reactive ketones (excluding diaryl/α,β-unsaturated/α-hetero) is 1. The molecule has 6 heteroatoms. The van der Waals surface area contributed by atoms with Crippen LogP contribution < -0.4 is 10.5 Å². The van der Waals surface area contributed by atoms with E-state index in [2.05, 4.69) is 4.90 Å². The highest BCUT2D eigenvalue weighted by molar-refractivity contribution is 5.97. The molecule has 0 aliphatic carbocycles. The first-order valence-corrected chi connectivity index (χ1v) is 9.49. The average Bonchev–Trinajstić information content (AvgIpc) is 2.65. The maximum absolute atomic E-state index is 12.5. The molecule has 0 aromatic heterocycles. The third kappa shape index (κ3) is 5.73. The van der Waals surface area contributed by atoms with Crippen molar-refractivity contribution in [1.82, 2.24) is 4.90 Å². The summed E-state index contributed by atoms with van der Waals surface area (Å²) in [5.74, 6) is 0.470. The number of rotatable bonds is 9. The van der Waals surface area contributed by atoms with Gasteiger partial charge in [0.2, 0.25) is 0 Å². The zero-order valence-corrected chi connectivity index (χ0v) is 15.8. The van der Waals surface area contributed by atoms with E-state index in [4.69, 9.17) is 15.2 Å². The van der Waals surface area contributed by atoms with Gasteiger partial charge in [-0.3, -0.25) is 9.59 Å². The maximum Gasteiger partial charge on any atom is 0.310 e. The molecule has 144 valence electrons. The first kappa shape index (κ1) is 20.2. The van der Waals surface area contributed by atoms with Gasteiger partial charge in [0.15, 0.2) is 5.78 Å². The molecule has 0 amide bonds. The Bertz CT molecular complexity index is 618. The summed E-state index contributed by atoms with van der Waals surface area (Å²) in [7, 11) is 0. The van der Waals surface area contributed by atoms with Crippen molar-refractivity contribution in [2.24, 2.45) is 5.92 Å². The number of anilines is 1. The molecular formula is C20H30N2O4. The summed E-state index contributed by atoms with van der Waals surface area (Å²) in [4.78, 5) is 26.5. The first-order chi connectivity index (χ1) is 12.5. The van der Waals surface area contributed by atoms with Crippen molar-refractivity contribution in [3.63, 3.8) is 0 Å². The summed E-state index contributed by atoms with van der Waals surface area (Å²) in [5, 5.41) is 0. The Kier molecular flexibility index (Phi) is 7.91. The minimum Gasteiger partial charge on any atom is -0.491 e. The molecule has 1 fully saturated rings. The molecule has 0 radical (unpaired) electrons. The van der Waals surface area contributed by atoms with Crippen LogP contribution in [0.25, 0.3) is 0 Å². The van der Waals surface area contributed by atoms with Crippen molar-refractivity contribution in [3.8, 4) is 5.75 Å². The maximum atomic E-state index is 12.5. The number of carbonyl (C=O) groups excluding carboxylic acids is 2. The molecule has 1 aromatic carbocycles. The molecule has 1 saturated heterocycles. The fraction of sp³-hybridized carbons (Fsp3) is 0.600. The lowest BCUT2D eigenvalue weighted by molar-refractivity contribution is -0.149. The SMILES string of the molecule is CCCOc1ccc(C(=O)CCN2CCCC(C(=O)OCC)C2)cc1N. The summed E-state index contributed by atoms with van der Waals surface area (Å²) >= 11 is 0. The van der Waals surface area contributed by atoms with Gasteiger partial charge in [0, 0.05) is 25.1 Å². The molecule has 1 aliphatic rings. The van der Waals surface area contributed by atoms with E-state index < -0.39 is 0 Å². The summed E-state index contributed by atoms with van der Waals surface area (Å²) in [6, 6.07) is 5.21. The van der Waals surface area contributed by atoms with Crippen molar-refractivity contribution in [2.45, 2.75) is 39.5 Å². The molecule has 1 unspecified atom stereocenters. The number of ketones is 1. The molecule has 26 heavy (non-hydrogen) atoms. The van der Waals surface area contributed by atoms with E-state index in [1.54, 1.807) is 18.2 Å². The summed E-state index contributed by atoms with van der Waals surface area (Å²) in [5.41, 5.74) is 7.07. The number of likely N-dealkylation sites (tertiary alicyclic amines) is 1. The number of nitrogens with two attached hydrogens (primary N) is 1. The van der Waals surface area contributed by atoms with Gasteiger partial charge in [-0.1, -0.05) is 6.92 Å². The number of nitrogen functional groups attached to an aromatic ring is 1. The molecule has 2 N–H and O–H groups in total. The van der Waals surface area contributed by atoms with Gasteiger partial charge < -0.3 is 20.1 Å². The number of piperidine rings is 1. The van der Waals surface area contributed by atoms with Gasteiger partial charge in [-0.25, -0.2) is 0 Å². The Balaban J connectivity index is 1.86. The summed E-state index contributed by atoms with van der Waals surface area (Å²) in [6.45, 7) is 7.08. The van der Waals surface area contributed by atoms with Gasteiger partial charge in [0.25, 0.3) is 0 Å². The van der Waals surface area contributed by atoms with Crippen molar-refractivity contribution >= 4 is 17.4 Å². The molecule has 1 aliphatic heterocycles. The first-order valence-electron chi connectivity index (χ1n) is 9.49. The Labute approximate surface area is 155 Å². The summed E-state index contributed by atoms with van der Waals surface area (Å²) < 4.78 is 10.7. The second-order valence-corrected chi connectivity index (χ2v) is 6.67. The van der Waals surface area contributed by atoms with Gasteiger partial charge in [-0.15, -0.1) is 0 Å². The van der Waals surface area contributed by atoms with Crippen molar-refractivity contribution in [2.75, 3.05) is 38.6 Å². The Morgan fingerprint density at radius 2 is 2.12 bits per heavy atom. The third-order valence-electron chi connectivity index (χ3n) is 4.57. The van der Waals surface area contributed by atoms with Gasteiger partial charge in [0.1, 0.15) is 5.75 Å². The fourth-order valence-corrected chi connectivity index (χ4v) is 3.18. The van der Waals surface area contributed by atoms with Crippen LogP contribution in [0.2, 0.25) is 0 Å². The molecule has 1 aromatic rings. The van der Waals surface area contributed by atoms with E-state index in [0.29, 0.717) is 49.7 Å². The molecule has 2 rings (SSSR count). The van der Waals surface area contributed by atoms with E-state index >= 15 is 0 Å². The molecule has 0 bridgehead atoms. The number of nitrogens with zero attached hydrogens (tertiary/aromatic N) is 1. The minimum absolute atomic E-state index is 0.0528. The third-order valence-corrected chi connectivity index (χ3v) is 4.57. The summed E-state index contributed by atoms with van der Waals surface area (Å²) in [6.07, 6.45) is 3.13. The number of ether oxygens (including phenoxy) is 2. The van der Waals surface area contributed by atoms with Crippen molar-refractivity contribution in [1.29, 1.82) is 0 Å². The zero-order chi connectivity index (χ0) is 18.9. The number of hydrogen-bond acceptors (Lipinski definition) is 6. The van der Waals surface area contributed by atoms with Crippen LogP contribution in [0.1, 0.15) is 49.9 Å².